The second kappa shape index (κ2) is 7.17. The first-order valence-electron chi connectivity index (χ1n) is 8.15. The molecule has 4 rings (SSSR count). The molecule has 3 aromatic carbocycles. The topological polar surface area (TPSA) is 42.0 Å². The first-order chi connectivity index (χ1) is 12.6. The summed E-state index contributed by atoms with van der Waals surface area (Å²) in [5, 5.41) is 4.01. The van der Waals surface area contributed by atoms with E-state index in [9.17, 15) is 4.79 Å². The van der Waals surface area contributed by atoms with Crippen molar-refractivity contribution in [3.63, 3.8) is 0 Å². The number of benzene rings is 3. The van der Waals surface area contributed by atoms with Crippen LogP contribution in [0.2, 0.25) is 0 Å². The van der Waals surface area contributed by atoms with Crippen molar-refractivity contribution in [3.8, 4) is 10.6 Å². The van der Waals surface area contributed by atoms with Gasteiger partial charge < -0.3 is 5.32 Å². The van der Waals surface area contributed by atoms with Gasteiger partial charge >= 0.3 is 0 Å². The molecule has 1 amide bonds. The van der Waals surface area contributed by atoms with Gasteiger partial charge in [-0.3, -0.25) is 4.79 Å². The molecule has 0 aliphatic carbocycles. The van der Waals surface area contributed by atoms with E-state index in [1.165, 1.54) is 0 Å². The highest BCUT2D eigenvalue weighted by atomic mass is 127. The lowest BCUT2D eigenvalue weighted by molar-refractivity contribution is 0.102. The Bertz CT molecular complexity index is 1090. The average Bonchev–Trinajstić information content (AvgIpc) is 3.07. The third-order valence-electron chi connectivity index (χ3n) is 4.22. The SMILES string of the molecule is Cc1c(NC(=O)c2ccccc2I)cccc1-c1nc2ccccc2s1. The molecule has 0 radical (unpaired) electrons. The van der Waals surface area contributed by atoms with Gasteiger partial charge in [-0.05, 0) is 65.4 Å². The van der Waals surface area contributed by atoms with Gasteiger partial charge in [-0.25, -0.2) is 4.98 Å². The number of fused-ring (bicyclic) bond motifs is 1. The van der Waals surface area contributed by atoms with Crippen molar-refractivity contribution in [2.24, 2.45) is 0 Å². The lowest BCUT2D eigenvalue weighted by Crippen LogP contribution is -2.14. The van der Waals surface area contributed by atoms with E-state index in [2.05, 4.69) is 40.0 Å². The number of rotatable bonds is 3. The number of hydrogen-bond donors (Lipinski definition) is 1. The molecule has 0 bridgehead atoms. The molecule has 3 nitrogen and oxygen atoms in total. The number of carbonyl (C=O) groups is 1. The van der Waals surface area contributed by atoms with Crippen LogP contribution < -0.4 is 5.32 Å². The van der Waals surface area contributed by atoms with Gasteiger partial charge in [-0.1, -0.05) is 36.4 Å². The zero-order valence-electron chi connectivity index (χ0n) is 14.0. The predicted octanol–water partition coefficient (Wildman–Crippen LogP) is 6.13. The van der Waals surface area contributed by atoms with Crippen molar-refractivity contribution in [3.05, 3.63) is 81.4 Å². The Hall–Kier alpha value is -2.25. The standard InChI is InChI=1S/C21H15IN2OS/c1-13-14(21-24-18-10-4-5-12-19(18)26-21)8-6-11-17(13)23-20(25)15-7-2-3-9-16(15)22/h2-12H,1H3,(H,23,25). The fourth-order valence-corrected chi connectivity index (χ4v) is 4.51. The van der Waals surface area contributed by atoms with Gasteiger partial charge in [0, 0.05) is 14.8 Å². The minimum Gasteiger partial charge on any atom is -0.322 e. The van der Waals surface area contributed by atoms with E-state index < -0.39 is 0 Å². The van der Waals surface area contributed by atoms with Crippen LogP contribution in [0.5, 0.6) is 0 Å². The first-order valence-corrected chi connectivity index (χ1v) is 10.0. The molecule has 1 N–H and O–H groups in total. The summed E-state index contributed by atoms with van der Waals surface area (Å²) in [4.78, 5) is 17.4. The molecule has 0 unspecified atom stereocenters. The van der Waals surface area contributed by atoms with Gasteiger partial charge in [0.1, 0.15) is 5.01 Å². The highest BCUT2D eigenvalue weighted by Crippen LogP contribution is 2.34. The van der Waals surface area contributed by atoms with Crippen LogP contribution in [0.15, 0.2) is 66.7 Å². The van der Waals surface area contributed by atoms with E-state index >= 15 is 0 Å². The van der Waals surface area contributed by atoms with E-state index in [0.717, 1.165) is 35.6 Å². The van der Waals surface area contributed by atoms with Gasteiger partial charge in [-0.15, -0.1) is 11.3 Å². The van der Waals surface area contributed by atoms with E-state index in [-0.39, 0.29) is 5.91 Å². The van der Waals surface area contributed by atoms with Gasteiger partial charge in [0.2, 0.25) is 0 Å². The maximum Gasteiger partial charge on any atom is 0.256 e. The van der Waals surface area contributed by atoms with Gasteiger partial charge in [0.05, 0.1) is 15.8 Å². The maximum atomic E-state index is 12.6. The molecule has 0 aliphatic rings. The fourth-order valence-electron chi connectivity index (χ4n) is 2.83. The predicted molar refractivity (Wildman–Crippen MR) is 117 cm³/mol. The normalized spacial score (nSPS) is 10.8. The minimum absolute atomic E-state index is 0.0976. The molecule has 0 fully saturated rings. The number of thiazole rings is 1. The van der Waals surface area contributed by atoms with Gasteiger partial charge in [0.15, 0.2) is 0 Å². The van der Waals surface area contributed by atoms with Gasteiger partial charge in [-0.2, -0.15) is 0 Å². The van der Waals surface area contributed by atoms with Crippen LogP contribution in [0.25, 0.3) is 20.8 Å². The molecule has 0 aliphatic heterocycles. The number of anilines is 1. The average molecular weight is 470 g/mol. The molecule has 0 saturated carbocycles. The van der Waals surface area contributed by atoms with Gasteiger partial charge in [0.25, 0.3) is 5.91 Å². The Morgan fingerprint density at radius 1 is 1.00 bits per heavy atom. The third-order valence-corrected chi connectivity index (χ3v) is 6.24. The lowest BCUT2D eigenvalue weighted by Gasteiger charge is -2.12. The number of nitrogens with zero attached hydrogens (tertiary/aromatic N) is 1. The second-order valence-electron chi connectivity index (χ2n) is 5.90. The number of aromatic nitrogens is 1. The molecule has 0 saturated heterocycles. The van der Waals surface area contributed by atoms with Crippen LogP contribution in [0.4, 0.5) is 5.69 Å². The van der Waals surface area contributed by atoms with Crippen molar-refractivity contribution in [1.29, 1.82) is 0 Å². The van der Waals surface area contributed by atoms with Crippen LogP contribution in [-0.4, -0.2) is 10.9 Å². The van der Waals surface area contributed by atoms with Crippen molar-refractivity contribution in [2.45, 2.75) is 6.92 Å². The number of para-hydroxylation sites is 1. The molecule has 128 valence electrons. The Balaban J connectivity index is 1.70. The summed E-state index contributed by atoms with van der Waals surface area (Å²) in [6.45, 7) is 2.02. The van der Waals surface area contributed by atoms with Crippen LogP contribution >= 0.6 is 33.9 Å². The maximum absolute atomic E-state index is 12.6. The van der Waals surface area contributed by atoms with Crippen molar-refractivity contribution < 1.29 is 4.79 Å². The summed E-state index contributed by atoms with van der Waals surface area (Å²) in [6, 6.07) is 21.6. The highest BCUT2D eigenvalue weighted by Gasteiger charge is 2.14. The molecule has 5 heteroatoms. The molecule has 0 spiro atoms. The van der Waals surface area contributed by atoms with E-state index in [1.54, 1.807) is 11.3 Å². The third kappa shape index (κ3) is 3.24. The van der Waals surface area contributed by atoms with Crippen molar-refractivity contribution in [2.75, 3.05) is 5.32 Å². The molecule has 1 aromatic heterocycles. The fraction of sp³-hybridized carbons (Fsp3) is 0.0476. The monoisotopic (exact) mass is 470 g/mol. The van der Waals surface area contributed by atoms with Crippen molar-refractivity contribution >= 4 is 55.7 Å². The van der Waals surface area contributed by atoms with E-state index in [0.29, 0.717) is 5.56 Å². The van der Waals surface area contributed by atoms with E-state index in [1.807, 2.05) is 61.5 Å². The number of halogens is 1. The Morgan fingerprint density at radius 3 is 2.58 bits per heavy atom. The quantitative estimate of drug-likeness (QED) is 0.366. The summed E-state index contributed by atoms with van der Waals surface area (Å²) in [7, 11) is 0. The number of carbonyl (C=O) groups excluding carboxylic acids is 1. The number of nitrogens with one attached hydrogen (secondary N) is 1. The molecular weight excluding hydrogens is 455 g/mol. The minimum atomic E-state index is -0.0976. The van der Waals surface area contributed by atoms with Crippen LogP contribution in [0, 0.1) is 10.5 Å². The highest BCUT2D eigenvalue weighted by molar-refractivity contribution is 14.1. The van der Waals surface area contributed by atoms with Crippen LogP contribution in [0.3, 0.4) is 0 Å². The molecule has 4 aromatic rings. The van der Waals surface area contributed by atoms with Crippen molar-refractivity contribution in [1.82, 2.24) is 4.98 Å². The Kier molecular flexibility index (Phi) is 4.74. The Labute approximate surface area is 169 Å². The summed E-state index contributed by atoms with van der Waals surface area (Å²) in [6.07, 6.45) is 0. The van der Waals surface area contributed by atoms with Crippen LogP contribution in [0.1, 0.15) is 15.9 Å². The first kappa shape index (κ1) is 17.2. The number of hydrogen-bond acceptors (Lipinski definition) is 3. The summed E-state index contributed by atoms with van der Waals surface area (Å²) >= 11 is 3.85. The second-order valence-corrected chi connectivity index (χ2v) is 8.09. The zero-order valence-corrected chi connectivity index (χ0v) is 17.0. The number of amides is 1. The smallest absolute Gasteiger partial charge is 0.256 e. The summed E-state index contributed by atoms with van der Waals surface area (Å²) in [5.41, 5.74) is 4.56. The molecule has 0 atom stereocenters. The van der Waals surface area contributed by atoms with E-state index in [4.69, 9.17) is 4.98 Å². The molecular formula is C21H15IN2OS. The van der Waals surface area contributed by atoms with Crippen LogP contribution in [-0.2, 0) is 0 Å². The molecule has 1 heterocycles. The molecule has 26 heavy (non-hydrogen) atoms. The summed E-state index contributed by atoms with van der Waals surface area (Å²) < 4.78 is 2.10. The largest absolute Gasteiger partial charge is 0.322 e. The lowest BCUT2D eigenvalue weighted by atomic mass is 10.1. The zero-order chi connectivity index (χ0) is 18.1. The summed E-state index contributed by atoms with van der Waals surface area (Å²) in [5.74, 6) is -0.0976. The Morgan fingerprint density at radius 2 is 1.77 bits per heavy atom.